The van der Waals surface area contributed by atoms with Crippen molar-refractivity contribution in [3.8, 4) is 17.2 Å². The van der Waals surface area contributed by atoms with E-state index in [-0.39, 0.29) is 4.46 Å². The van der Waals surface area contributed by atoms with Gasteiger partial charge < -0.3 is 0 Å². The maximum atomic E-state index is 12.9. The molecule has 3 aromatic rings. The molecule has 0 radical (unpaired) electrons. The van der Waals surface area contributed by atoms with Gasteiger partial charge in [0.15, 0.2) is 0 Å². The molecule has 0 aliphatic carbocycles. The van der Waals surface area contributed by atoms with E-state index >= 15 is 0 Å². The summed E-state index contributed by atoms with van der Waals surface area (Å²) in [5.74, 6) is 0.965. The Morgan fingerprint density at radius 2 is 1.59 bits per heavy atom. The van der Waals surface area contributed by atoms with Crippen LogP contribution < -0.4 is 18.7 Å². The van der Waals surface area contributed by atoms with Gasteiger partial charge in [0.05, 0.1) is 0 Å². The van der Waals surface area contributed by atoms with Gasteiger partial charge in [-0.1, -0.05) is 0 Å². The van der Waals surface area contributed by atoms with E-state index in [0.29, 0.717) is 17.2 Å². The molecule has 0 saturated heterocycles. The van der Waals surface area contributed by atoms with Gasteiger partial charge in [0.1, 0.15) is 0 Å². The molecule has 142 valence electrons. The second-order valence-electron chi connectivity index (χ2n) is 5.92. The Labute approximate surface area is 159 Å². The van der Waals surface area contributed by atoms with E-state index in [4.69, 9.17) is 14.2 Å². The molecule has 0 unspecified atom stereocenters. The van der Waals surface area contributed by atoms with E-state index in [0.717, 1.165) is 16.5 Å². The molecule has 3 rings (SSSR count). The molecule has 0 spiro atoms. The summed E-state index contributed by atoms with van der Waals surface area (Å²) in [5, 5.41) is 0.994. The van der Waals surface area contributed by atoms with Crippen LogP contribution in [-0.4, -0.2) is 38.6 Å². The van der Waals surface area contributed by atoms with Gasteiger partial charge in [-0.25, -0.2) is 0 Å². The quantitative estimate of drug-likeness (QED) is 0.559. The summed E-state index contributed by atoms with van der Waals surface area (Å²) >= 11 is -4.58. The predicted octanol–water partition coefficient (Wildman–Crippen LogP) is 2.97. The molecule has 27 heavy (non-hydrogen) atoms. The zero-order valence-corrected chi connectivity index (χ0v) is 17.3. The first kappa shape index (κ1) is 19.0. The fourth-order valence-corrected chi connectivity index (χ4v) is 5.12. The third kappa shape index (κ3) is 3.56. The predicted molar refractivity (Wildman–Crippen MR) is 105 cm³/mol. The first-order valence-corrected chi connectivity index (χ1v) is 11.4. The normalized spacial score (nSPS) is 11.9. The zero-order valence-electron chi connectivity index (χ0n) is 15.6. The minimum atomic E-state index is -4.58. The molecule has 0 aliphatic rings. The Hall–Kier alpha value is -2.76. The molecule has 1 aromatic heterocycles. The number of nitrogens with zero attached hydrogens (tertiary/aromatic N) is 1. The second kappa shape index (κ2) is 7.46. The van der Waals surface area contributed by atoms with Gasteiger partial charge in [0.25, 0.3) is 0 Å². The van der Waals surface area contributed by atoms with Crippen molar-refractivity contribution < 1.29 is 21.9 Å². The number of methoxy groups -OCH3 is 3. The minimum absolute atomic E-state index is 0.136. The summed E-state index contributed by atoms with van der Waals surface area (Å²) in [4.78, 5) is 1.26. The monoisotopic (exact) mass is 435 g/mol. The topological polar surface area (TPSA) is 66.8 Å². The van der Waals surface area contributed by atoms with Crippen molar-refractivity contribution in [3.63, 3.8) is 0 Å². The van der Waals surface area contributed by atoms with Crippen LogP contribution in [0.25, 0.3) is 17.0 Å². The Kier molecular flexibility index (Phi) is 5.26. The molecule has 0 bridgehead atoms. The van der Waals surface area contributed by atoms with Gasteiger partial charge >= 0.3 is 159 Å². The van der Waals surface area contributed by atoms with E-state index in [2.05, 4.69) is 0 Å². The van der Waals surface area contributed by atoms with Crippen molar-refractivity contribution in [2.75, 3.05) is 21.3 Å². The van der Waals surface area contributed by atoms with E-state index in [1.807, 2.05) is 42.1 Å². The average Bonchev–Trinajstić information content (AvgIpc) is 3.01. The van der Waals surface area contributed by atoms with Crippen LogP contribution in [0, 0.1) is 0 Å². The Morgan fingerprint density at radius 1 is 0.963 bits per heavy atom. The summed E-state index contributed by atoms with van der Waals surface area (Å²) in [6.45, 7) is 0. The molecule has 0 amide bonds. The van der Waals surface area contributed by atoms with Crippen LogP contribution in [0.3, 0.4) is 0 Å². The molecular weight excluding hydrogens is 413 g/mol. The standard InChI is InChI=1S/C20H21NO5Se/c1-21-13-14(16-7-5-6-8-17(16)21)9-10-27(22,23)15-11-18(24-2)20(26-4)19(12-15)25-3/h5-13H,1-4H3/b10-9+. The van der Waals surface area contributed by atoms with Crippen LogP contribution in [0.5, 0.6) is 17.2 Å². The van der Waals surface area contributed by atoms with E-state index in [9.17, 15) is 7.67 Å². The van der Waals surface area contributed by atoms with Gasteiger partial charge in [-0.3, -0.25) is 0 Å². The Balaban J connectivity index is 2.05. The van der Waals surface area contributed by atoms with E-state index in [1.165, 1.54) is 38.4 Å². The summed E-state index contributed by atoms with van der Waals surface area (Å²) in [6.07, 6.45) is 3.54. The number of ether oxygens (including phenoxy) is 3. The van der Waals surface area contributed by atoms with Gasteiger partial charge in [-0.2, -0.15) is 0 Å². The summed E-state index contributed by atoms with van der Waals surface area (Å²) in [6, 6.07) is 10.7. The number of aryl methyl sites for hydroxylation is 1. The molecular formula is C20H21NO5Se. The van der Waals surface area contributed by atoms with Crippen LogP contribution in [0.4, 0.5) is 0 Å². The zero-order chi connectivity index (χ0) is 19.6. The molecule has 0 fully saturated rings. The molecule has 0 atom stereocenters. The van der Waals surface area contributed by atoms with Crippen LogP contribution in [-0.2, 0) is 14.7 Å². The summed E-state index contributed by atoms with van der Waals surface area (Å²) < 4.78 is 43.7. The van der Waals surface area contributed by atoms with Crippen molar-refractivity contribution in [1.82, 2.24) is 4.57 Å². The van der Waals surface area contributed by atoms with Crippen LogP contribution in [0.1, 0.15) is 5.56 Å². The first-order chi connectivity index (χ1) is 12.9. The van der Waals surface area contributed by atoms with Gasteiger partial charge in [-0.05, 0) is 0 Å². The van der Waals surface area contributed by atoms with E-state index in [1.54, 1.807) is 6.08 Å². The number of benzene rings is 2. The summed E-state index contributed by atoms with van der Waals surface area (Å²) in [5.41, 5.74) is 1.88. The van der Waals surface area contributed by atoms with Crippen molar-refractivity contribution in [3.05, 3.63) is 53.1 Å². The maximum absolute atomic E-state index is 12.9. The van der Waals surface area contributed by atoms with Gasteiger partial charge in [-0.15, -0.1) is 0 Å². The fraction of sp³-hybridized carbons (Fsp3) is 0.200. The molecule has 6 nitrogen and oxygen atoms in total. The number of para-hydroxylation sites is 1. The Morgan fingerprint density at radius 3 is 2.19 bits per heavy atom. The SMILES string of the molecule is COc1cc([Se](=O)(=O)/C=C/c2cn(C)c3ccccc23)cc(OC)c1OC. The average molecular weight is 434 g/mol. The van der Waals surface area contributed by atoms with Crippen LogP contribution >= 0.6 is 0 Å². The molecule has 7 heteroatoms. The van der Waals surface area contributed by atoms with Gasteiger partial charge in [0.2, 0.25) is 0 Å². The number of aromatic nitrogens is 1. The number of fused-ring (bicyclic) bond motifs is 1. The molecule has 0 aliphatic heterocycles. The van der Waals surface area contributed by atoms with Crippen molar-refractivity contribution in [1.29, 1.82) is 0 Å². The van der Waals surface area contributed by atoms with E-state index < -0.39 is 12.7 Å². The third-order valence-corrected chi connectivity index (χ3v) is 7.23. The molecule has 0 N–H and O–H groups in total. The number of rotatable bonds is 6. The van der Waals surface area contributed by atoms with Crippen molar-refractivity contribution in [2.45, 2.75) is 0 Å². The van der Waals surface area contributed by atoms with Crippen LogP contribution in [0.2, 0.25) is 0 Å². The van der Waals surface area contributed by atoms with Gasteiger partial charge in [0, 0.05) is 0 Å². The number of hydrogen-bond acceptors (Lipinski definition) is 5. The summed E-state index contributed by atoms with van der Waals surface area (Å²) in [7, 11) is 6.31. The van der Waals surface area contributed by atoms with Crippen LogP contribution in [0.15, 0.2) is 47.6 Å². The fourth-order valence-electron chi connectivity index (χ4n) is 2.97. The Bertz CT molecular complexity index is 1090. The van der Waals surface area contributed by atoms with Crippen molar-refractivity contribution in [2.24, 2.45) is 7.05 Å². The molecule has 2 aromatic carbocycles. The second-order valence-corrected chi connectivity index (χ2v) is 9.77. The first-order valence-electron chi connectivity index (χ1n) is 8.18. The number of hydrogen-bond donors (Lipinski definition) is 0. The van der Waals surface area contributed by atoms with Crippen molar-refractivity contribution >= 4 is 34.1 Å². The molecule has 1 heterocycles. The third-order valence-electron chi connectivity index (χ3n) is 4.32. The molecule has 0 saturated carbocycles.